The van der Waals surface area contributed by atoms with Gasteiger partial charge in [0.05, 0.1) is 12.7 Å². The number of nitrogens with one attached hydrogen (secondary N) is 1. The summed E-state index contributed by atoms with van der Waals surface area (Å²) in [5.41, 5.74) is 0.140. The lowest BCUT2D eigenvalue weighted by Gasteiger charge is -2.14. The molecule has 2 aromatic carbocycles. The van der Waals surface area contributed by atoms with E-state index in [4.69, 9.17) is 9.26 Å². The molecule has 0 atom stereocenters. The van der Waals surface area contributed by atoms with Crippen LogP contribution in [0.5, 0.6) is 5.75 Å². The van der Waals surface area contributed by atoms with Gasteiger partial charge in [-0.15, -0.1) is 0 Å². The monoisotopic (exact) mass is 358 g/mol. The summed E-state index contributed by atoms with van der Waals surface area (Å²) >= 11 is 0. The second-order valence-corrected chi connectivity index (χ2v) is 5.60. The van der Waals surface area contributed by atoms with Gasteiger partial charge >= 0.3 is 11.3 Å². The minimum Gasteiger partial charge on any atom is -0.497 e. The number of rotatable bonds is 5. The van der Waals surface area contributed by atoms with E-state index in [0.717, 1.165) is 0 Å². The predicted molar refractivity (Wildman–Crippen MR) is 89.6 cm³/mol. The zero-order valence-electron chi connectivity index (χ0n) is 14.2. The Hall–Kier alpha value is -3.42. The Bertz CT molecular complexity index is 979. The Morgan fingerprint density at radius 3 is 2.58 bits per heavy atom. The number of halogens is 1. The first-order valence-electron chi connectivity index (χ1n) is 7.78. The number of methoxy groups -OCH3 is 1. The second-order valence-electron chi connectivity index (χ2n) is 5.60. The lowest BCUT2D eigenvalue weighted by atomic mass is 10.2. The van der Waals surface area contributed by atoms with Crippen LogP contribution < -0.4 is 15.0 Å². The van der Waals surface area contributed by atoms with Crippen LogP contribution in [0.25, 0.3) is 5.69 Å². The van der Waals surface area contributed by atoms with Crippen LogP contribution in [0.1, 0.15) is 16.1 Å². The van der Waals surface area contributed by atoms with Crippen molar-refractivity contribution < 1.29 is 23.1 Å². The summed E-state index contributed by atoms with van der Waals surface area (Å²) in [5.74, 6) is -0.493. The fraction of sp³-hybridized carbons (Fsp3) is 0.167. The summed E-state index contributed by atoms with van der Waals surface area (Å²) in [6.45, 7) is -0.0645. The van der Waals surface area contributed by atoms with Crippen molar-refractivity contribution in [3.05, 3.63) is 76.0 Å². The van der Waals surface area contributed by atoms with Gasteiger partial charge in [0.25, 0.3) is 5.91 Å². The molecule has 0 unspecified atom stereocenters. The molecular weight excluding hydrogens is 341 g/mol. The second kappa shape index (κ2) is 7.22. The summed E-state index contributed by atoms with van der Waals surface area (Å²) in [7, 11) is 3.04. The number of aromatic amines is 1. The van der Waals surface area contributed by atoms with Crippen molar-refractivity contribution in [2.75, 3.05) is 14.2 Å². The van der Waals surface area contributed by atoms with Crippen LogP contribution in [0.3, 0.4) is 0 Å². The molecule has 134 valence electrons. The molecule has 3 rings (SSSR count). The van der Waals surface area contributed by atoms with Crippen LogP contribution >= 0.6 is 0 Å². The molecule has 3 aromatic rings. The average molecular weight is 358 g/mol. The van der Waals surface area contributed by atoms with Crippen molar-refractivity contribution in [1.29, 1.82) is 0 Å². The molecule has 0 saturated carbocycles. The SMILES string of the molecule is COc1ccc(-[n+]2[nH]oc(=O)c2CN(C)C(=O)c2ccccc2F)cc1. The highest BCUT2D eigenvalue weighted by atomic mass is 19.1. The zero-order chi connectivity index (χ0) is 18.7. The predicted octanol–water partition coefficient (Wildman–Crippen LogP) is 1.66. The maximum absolute atomic E-state index is 13.8. The molecule has 0 aliphatic carbocycles. The molecule has 1 aromatic heterocycles. The van der Waals surface area contributed by atoms with E-state index in [9.17, 15) is 14.0 Å². The first kappa shape index (κ1) is 17.4. The maximum Gasteiger partial charge on any atom is 0.432 e. The third-order valence-electron chi connectivity index (χ3n) is 3.90. The number of carbonyl (C=O) groups excluding carboxylic acids is 1. The number of ether oxygens (including phenoxy) is 1. The number of H-pyrrole nitrogens is 1. The summed E-state index contributed by atoms with van der Waals surface area (Å²) in [6, 6.07) is 12.6. The number of hydrogen-bond donors (Lipinski definition) is 1. The smallest absolute Gasteiger partial charge is 0.432 e. The van der Waals surface area contributed by atoms with Crippen LogP contribution in [0, 0.1) is 5.82 Å². The quantitative estimate of drug-likeness (QED) is 0.704. The van der Waals surface area contributed by atoms with E-state index in [1.54, 1.807) is 37.4 Å². The third kappa shape index (κ3) is 3.34. The standard InChI is InChI=1S/C18H16FN3O4/c1-21(17(23)14-5-3-4-6-15(14)19)11-16-18(24)26-20-22(16)12-7-9-13(25-2)10-8-12/h3-10H,11H2,1-2H3/p+1. The lowest BCUT2D eigenvalue weighted by Crippen LogP contribution is -2.42. The van der Waals surface area contributed by atoms with Gasteiger partial charge in [-0.1, -0.05) is 12.1 Å². The number of aromatic nitrogens is 2. The Morgan fingerprint density at radius 1 is 1.23 bits per heavy atom. The van der Waals surface area contributed by atoms with E-state index >= 15 is 0 Å². The average Bonchev–Trinajstić information content (AvgIpc) is 3.02. The van der Waals surface area contributed by atoms with Gasteiger partial charge in [-0.2, -0.15) is 0 Å². The number of hydrogen-bond acceptors (Lipinski definition) is 4. The molecule has 26 heavy (non-hydrogen) atoms. The molecule has 8 heteroatoms. The Morgan fingerprint density at radius 2 is 1.92 bits per heavy atom. The van der Waals surface area contributed by atoms with Gasteiger partial charge in [-0.05, 0) is 34.2 Å². The zero-order valence-corrected chi connectivity index (χ0v) is 14.2. The highest BCUT2D eigenvalue weighted by Gasteiger charge is 2.27. The summed E-state index contributed by atoms with van der Waals surface area (Å²) in [6.07, 6.45) is 0. The molecule has 0 saturated heterocycles. The minimum absolute atomic E-state index is 0.0640. The lowest BCUT2D eigenvalue weighted by molar-refractivity contribution is -0.678. The summed E-state index contributed by atoms with van der Waals surface area (Å²) in [5, 5.41) is 2.50. The molecule has 7 nitrogen and oxygen atoms in total. The van der Waals surface area contributed by atoms with Gasteiger partial charge in [0, 0.05) is 19.2 Å². The number of nitrogens with zero attached hydrogens (tertiary/aromatic N) is 2. The highest BCUT2D eigenvalue weighted by molar-refractivity contribution is 5.94. The van der Waals surface area contributed by atoms with Gasteiger partial charge < -0.3 is 9.64 Å². The number of carbonyl (C=O) groups is 1. The van der Waals surface area contributed by atoms with Crippen LogP contribution in [0.2, 0.25) is 0 Å². The minimum atomic E-state index is -0.617. The van der Waals surface area contributed by atoms with E-state index in [-0.39, 0.29) is 17.8 Å². The van der Waals surface area contributed by atoms with Crippen molar-refractivity contribution in [2.24, 2.45) is 0 Å². The topological polar surface area (TPSA) is 79.4 Å². The summed E-state index contributed by atoms with van der Waals surface area (Å²) < 4.78 is 25.2. The van der Waals surface area contributed by atoms with Crippen molar-refractivity contribution in [1.82, 2.24) is 10.2 Å². The van der Waals surface area contributed by atoms with Crippen LogP contribution in [0.4, 0.5) is 4.39 Å². The summed E-state index contributed by atoms with van der Waals surface area (Å²) in [4.78, 5) is 25.7. The van der Waals surface area contributed by atoms with E-state index in [1.807, 2.05) is 0 Å². The van der Waals surface area contributed by atoms with E-state index < -0.39 is 17.3 Å². The Balaban J connectivity index is 1.88. The highest BCUT2D eigenvalue weighted by Crippen LogP contribution is 2.12. The molecule has 0 aliphatic heterocycles. The van der Waals surface area contributed by atoms with Crippen molar-refractivity contribution in [3.8, 4) is 11.4 Å². The molecule has 0 radical (unpaired) electrons. The molecule has 1 heterocycles. The third-order valence-corrected chi connectivity index (χ3v) is 3.90. The maximum atomic E-state index is 13.8. The van der Waals surface area contributed by atoms with Crippen LogP contribution in [-0.2, 0) is 6.54 Å². The first-order chi connectivity index (χ1) is 12.5. The molecular formula is C18H17FN3O4+. The normalized spacial score (nSPS) is 10.6. The first-order valence-corrected chi connectivity index (χ1v) is 7.78. The molecule has 0 bridgehead atoms. The Kier molecular flexibility index (Phi) is 4.83. The number of amides is 1. The number of benzene rings is 2. The van der Waals surface area contributed by atoms with E-state index in [2.05, 4.69) is 5.27 Å². The molecule has 1 amide bonds. The van der Waals surface area contributed by atoms with Gasteiger partial charge in [0.1, 0.15) is 18.1 Å². The van der Waals surface area contributed by atoms with E-state index in [1.165, 1.54) is 34.8 Å². The van der Waals surface area contributed by atoms with Crippen molar-refractivity contribution in [3.63, 3.8) is 0 Å². The van der Waals surface area contributed by atoms with Crippen molar-refractivity contribution in [2.45, 2.75) is 6.54 Å². The molecule has 1 N–H and O–H groups in total. The van der Waals surface area contributed by atoms with Gasteiger partial charge in [-0.3, -0.25) is 9.32 Å². The fourth-order valence-electron chi connectivity index (χ4n) is 2.50. The van der Waals surface area contributed by atoms with Crippen LogP contribution in [-0.4, -0.2) is 30.2 Å². The van der Waals surface area contributed by atoms with E-state index in [0.29, 0.717) is 11.4 Å². The van der Waals surface area contributed by atoms with Crippen molar-refractivity contribution >= 4 is 5.91 Å². The van der Waals surface area contributed by atoms with Gasteiger partial charge in [0.15, 0.2) is 0 Å². The molecule has 0 fully saturated rings. The Labute approximate surface area is 148 Å². The molecule has 0 spiro atoms. The largest absolute Gasteiger partial charge is 0.497 e. The van der Waals surface area contributed by atoms with Crippen LogP contribution in [0.15, 0.2) is 57.8 Å². The molecule has 0 aliphatic rings. The fourth-order valence-corrected chi connectivity index (χ4v) is 2.50. The van der Waals surface area contributed by atoms with Gasteiger partial charge in [0.2, 0.25) is 5.69 Å². The van der Waals surface area contributed by atoms with Gasteiger partial charge in [-0.25, -0.2) is 9.18 Å².